The first kappa shape index (κ1) is 39.1. The monoisotopic (exact) mass is 688 g/mol. The molecule has 0 fully saturated rings. The Bertz CT molecular complexity index is 1660. The van der Waals surface area contributed by atoms with Gasteiger partial charge in [0.15, 0.2) is 0 Å². The molecule has 1 N–H and O–H groups in total. The smallest absolute Gasteiger partial charge is 0.435 e. The topological polar surface area (TPSA) is 55.8 Å². The van der Waals surface area contributed by atoms with Crippen LogP contribution in [0.25, 0.3) is 0 Å². The van der Waals surface area contributed by atoms with Crippen molar-refractivity contribution in [2.45, 2.75) is 170 Å². The van der Waals surface area contributed by atoms with Crippen molar-refractivity contribution >= 4 is 7.60 Å². The van der Waals surface area contributed by atoms with E-state index in [4.69, 9.17) is 9.05 Å². The predicted octanol–water partition coefficient (Wildman–Crippen LogP) is 12.9. The number of hydrogen-bond acceptors (Lipinski definition) is 4. The lowest BCUT2D eigenvalue weighted by Crippen LogP contribution is -2.23. The quantitative estimate of drug-likeness (QED) is 0.272. The lowest BCUT2D eigenvalue weighted by Gasteiger charge is -2.35. The van der Waals surface area contributed by atoms with Crippen LogP contribution in [-0.4, -0.2) is 5.11 Å². The van der Waals surface area contributed by atoms with Gasteiger partial charge in [0.2, 0.25) is 0 Å². The van der Waals surface area contributed by atoms with Gasteiger partial charge in [-0.1, -0.05) is 161 Å². The molecule has 1 aliphatic heterocycles. The van der Waals surface area contributed by atoms with Crippen LogP contribution in [0.2, 0.25) is 0 Å². The van der Waals surface area contributed by atoms with Crippen LogP contribution in [0.5, 0.6) is 17.2 Å². The second-order valence-electron chi connectivity index (χ2n) is 20.7. The highest BCUT2D eigenvalue weighted by atomic mass is 31.2. The highest BCUT2D eigenvalue weighted by molar-refractivity contribution is 7.53. The van der Waals surface area contributed by atoms with Gasteiger partial charge in [0, 0.05) is 17.5 Å². The number of benzene rings is 3. The Hall–Kier alpha value is -2.71. The number of fused-ring (bicyclic) bond motifs is 2. The van der Waals surface area contributed by atoms with Crippen molar-refractivity contribution in [3.8, 4) is 17.2 Å². The Morgan fingerprint density at radius 1 is 0.510 bits per heavy atom. The molecule has 49 heavy (non-hydrogen) atoms. The molecule has 1 heterocycles. The number of rotatable bonds is 2. The average molecular weight is 689 g/mol. The van der Waals surface area contributed by atoms with Gasteiger partial charge < -0.3 is 14.2 Å². The third-order valence-electron chi connectivity index (χ3n) is 9.68. The van der Waals surface area contributed by atoms with Crippen LogP contribution in [0.4, 0.5) is 0 Å². The zero-order valence-corrected chi connectivity index (χ0v) is 34.9. The van der Waals surface area contributed by atoms with Crippen molar-refractivity contribution in [1.29, 1.82) is 0 Å². The third-order valence-corrected chi connectivity index (χ3v) is 11.4. The largest absolute Gasteiger partial charge is 0.507 e. The van der Waals surface area contributed by atoms with Gasteiger partial charge in [-0.2, -0.15) is 0 Å². The molecule has 1 aliphatic rings. The molecule has 0 radical (unpaired) electrons. The summed E-state index contributed by atoms with van der Waals surface area (Å²) in [6.07, 6.45) is 0.666. The molecule has 0 saturated carbocycles. The highest BCUT2D eigenvalue weighted by Crippen LogP contribution is 2.59. The van der Waals surface area contributed by atoms with E-state index in [1.807, 2.05) is 12.1 Å². The van der Waals surface area contributed by atoms with Crippen LogP contribution >= 0.6 is 7.60 Å². The molecule has 0 saturated heterocycles. The standard InChI is InChI=1S/C44H65O4P/c1-39(2,3)30-22-28-21-29-23-31(40(4,5)6)25-35(44(16,17)18)38(29)48-49(46,47-37(28)34(24-30)43(13,14)15)26-27-19-32(41(7,8)9)36(45)33(20-27)42(10,11)12/h19-20,22-25,45H,21,26H2,1-18H3. The van der Waals surface area contributed by atoms with Crippen LogP contribution in [0, 0.1) is 0 Å². The predicted molar refractivity (Wildman–Crippen MR) is 209 cm³/mol. The maximum atomic E-state index is 15.7. The Kier molecular flexibility index (Phi) is 9.74. The summed E-state index contributed by atoms with van der Waals surface area (Å²) in [4.78, 5) is 0. The third kappa shape index (κ3) is 8.44. The summed E-state index contributed by atoms with van der Waals surface area (Å²) in [5.74, 6) is 1.63. The molecule has 3 aromatic rings. The van der Waals surface area contributed by atoms with Crippen LogP contribution in [0.15, 0.2) is 36.4 Å². The molecule has 5 heteroatoms. The average Bonchev–Trinajstić information content (AvgIpc) is 2.86. The SMILES string of the molecule is CC(C)(C)c1cc2c(c(C(C)(C)C)c1)OP(=O)(Cc1cc(C(C)(C)C)c(O)c(C(C)(C)C)c1)Oc1c(cc(C(C)(C)C)cc1C(C)(C)C)C2. The van der Waals surface area contributed by atoms with Gasteiger partial charge in [0.25, 0.3) is 0 Å². The van der Waals surface area contributed by atoms with E-state index in [0.717, 1.165) is 38.9 Å². The maximum absolute atomic E-state index is 15.7. The molecule has 4 rings (SSSR count). The first-order valence-corrected chi connectivity index (χ1v) is 19.7. The van der Waals surface area contributed by atoms with E-state index in [-0.39, 0.29) is 38.7 Å². The Morgan fingerprint density at radius 2 is 0.837 bits per heavy atom. The minimum absolute atomic E-state index is 0.0630. The van der Waals surface area contributed by atoms with Crippen LogP contribution in [0.1, 0.15) is 175 Å². The van der Waals surface area contributed by atoms with Gasteiger partial charge >= 0.3 is 7.60 Å². The number of hydrogen-bond donors (Lipinski definition) is 1. The van der Waals surface area contributed by atoms with Gasteiger partial charge in [-0.3, -0.25) is 0 Å². The van der Waals surface area contributed by atoms with Gasteiger partial charge in [0.1, 0.15) is 17.2 Å². The molecule has 0 aromatic heterocycles. The second kappa shape index (κ2) is 12.2. The summed E-state index contributed by atoms with van der Waals surface area (Å²) in [6, 6.07) is 13.0. The summed E-state index contributed by atoms with van der Waals surface area (Å²) in [5, 5.41) is 11.5. The fourth-order valence-corrected chi connectivity index (χ4v) is 8.34. The second-order valence-corrected chi connectivity index (χ2v) is 22.6. The van der Waals surface area contributed by atoms with Crippen molar-refractivity contribution in [2.75, 3.05) is 0 Å². The van der Waals surface area contributed by atoms with Crippen molar-refractivity contribution < 1.29 is 18.7 Å². The van der Waals surface area contributed by atoms with Crippen LogP contribution in [0.3, 0.4) is 0 Å². The molecular formula is C44H65O4P. The fraction of sp³-hybridized carbons (Fsp3) is 0.591. The van der Waals surface area contributed by atoms with E-state index in [2.05, 4.69) is 149 Å². The zero-order chi connectivity index (χ0) is 37.5. The molecule has 4 nitrogen and oxygen atoms in total. The first-order chi connectivity index (χ1) is 21.8. The normalized spacial score (nSPS) is 15.8. The van der Waals surface area contributed by atoms with E-state index >= 15 is 4.57 Å². The molecule has 0 amide bonds. The summed E-state index contributed by atoms with van der Waals surface area (Å²) in [6.45, 7) is 39.2. The van der Waals surface area contributed by atoms with E-state index in [9.17, 15) is 5.11 Å². The van der Waals surface area contributed by atoms with Gasteiger partial charge in [-0.05, 0) is 71.4 Å². The van der Waals surface area contributed by atoms with E-state index in [1.54, 1.807) is 0 Å². The lowest BCUT2D eigenvalue weighted by atomic mass is 9.76. The van der Waals surface area contributed by atoms with Crippen molar-refractivity contribution in [2.24, 2.45) is 0 Å². The van der Waals surface area contributed by atoms with E-state index in [1.165, 1.54) is 11.1 Å². The molecule has 0 spiro atoms. The van der Waals surface area contributed by atoms with Gasteiger partial charge in [-0.15, -0.1) is 0 Å². The highest BCUT2D eigenvalue weighted by Gasteiger charge is 2.40. The summed E-state index contributed by atoms with van der Waals surface area (Å²) < 4.78 is 29.6. The Balaban J connectivity index is 2.13. The Morgan fingerprint density at radius 3 is 1.12 bits per heavy atom. The molecule has 270 valence electrons. The lowest BCUT2D eigenvalue weighted by molar-refractivity contribution is 0.366. The molecule has 0 atom stereocenters. The minimum atomic E-state index is -3.92. The zero-order valence-electron chi connectivity index (χ0n) is 34.0. The van der Waals surface area contributed by atoms with Gasteiger partial charge in [0.05, 0.1) is 6.16 Å². The molecule has 0 aliphatic carbocycles. The van der Waals surface area contributed by atoms with Gasteiger partial charge in [-0.25, -0.2) is 4.57 Å². The number of aromatic hydroxyl groups is 1. The molecular weight excluding hydrogens is 623 g/mol. The molecule has 0 unspecified atom stereocenters. The fourth-order valence-electron chi connectivity index (χ4n) is 6.56. The summed E-state index contributed by atoms with van der Waals surface area (Å²) in [5.41, 5.74) is 7.64. The van der Waals surface area contributed by atoms with E-state index in [0.29, 0.717) is 23.7 Å². The summed E-state index contributed by atoms with van der Waals surface area (Å²) in [7, 11) is -3.92. The number of phenolic OH excluding ortho intramolecular Hbond substituents is 1. The van der Waals surface area contributed by atoms with Crippen LogP contribution < -0.4 is 9.05 Å². The minimum Gasteiger partial charge on any atom is -0.507 e. The Labute approximate surface area is 299 Å². The van der Waals surface area contributed by atoms with Crippen molar-refractivity contribution in [3.63, 3.8) is 0 Å². The molecule has 3 aromatic carbocycles. The van der Waals surface area contributed by atoms with Crippen molar-refractivity contribution in [3.05, 3.63) is 86.5 Å². The maximum Gasteiger partial charge on any atom is 0.435 e. The van der Waals surface area contributed by atoms with Crippen molar-refractivity contribution in [1.82, 2.24) is 0 Å². The van der Waals surface area contributed by atoms with E-state index < -0.39 is 7.60 Å². The van der Waals surface area contributed by atoms with Crippen LogP contribution in [-0.2, 0) is 49.6 Å². The first-order valence-electron chi connectivity index (χ1n) is 18.0. The summed E-state index contributed by atoms with van der Waals surface area (Å²) >= 11 is 0. The molecule has 0 bridgehead atoms. The number of phenols is 1.